The van der Waals surface area contributed by atoms with E-state index in [1.807, 2.05) is 28.7 Å². The lowest BCUT2D eigenvalue weighted by atomic mass is 9.95. The summed E-state index contributed by atoms with van der Waals surface area (Å²) in [6, 6.07) is 13.3. The van der Waals surface area contributed by atoms with E-state index in [1.165, 1.54) is 22.7 Å². The first-order chi connectivity index (χ1) is 16.5. The van der Waals surface area contributed by atoms with E-state index >= 15 is 0 Å². The van der Waals surface area contributed by atoms with Crippen LogP contribution >= 0.6 is 11.8 Å². The second-order valence-electron chi connectivity index (χ2n) is 8.66. The Bertz CT molecular complexity index is 1420. The minimum atomic E-state index is -0.168. The summed E-state index contributed by atoms with van der Waals surface area (Å²) < 4.78 is 8.67. The molecule has 1 saturated carbocycles. The molecule has 0 spiro atoms. The number of fused-ring (bicyclic) bond motifs is 3. The van der Waals surface area contributed by atoms with Gasteiger partial charge in [0.05, 0.1) is 18.0 Å². The molecule has 2 heterocycles. The van der Waals surface area contributed by atoms with Crippen LogP contribution in [0.2, 0.25) is 0 Å². The molecule has 0 radical (unpaired) electrons. The Hall–Kier alpha value is -3.33. The SMILES string of the molecule is COc1cccc(CSc2nnc3n(C)c(=O)c4ccc(C(=O)NC5CCCCC5)cc4n23)c1. The third kappa shape index (κ3) is 4.27. The molecule has 1 fully saturated rings. The Morgan fingerprint density at radius 3 is 2.76 bits per heavy atom. The summed E-state index contributed by atoms with van der Waals surface area (Å²) in [4.78, 5) is 25.9. The molecule has 2 aromatic carbocycles. The van der Waals surface area contributed by atoms with Gasteiger partial charge in [-0.25, -0.2) is 0 Å². The number of benzene rings is 2. The summed E-state index contributed by atoms with van der Waals surface area (Å²) in [6.07, 6.45) is 5.55. The van der Waals surface area contributed by atoms with E-state index in [0.29, 0.717) is 33.2 Å². The molecule has 1 N–H and O–H groups in total. The molecule has 8 nitrogen and oxygen atoms in total. The van der Waals surface area contributed by atoms with Crippen LogP contribution in [-0.4, -0.2) is 38.2 Å². The lowest BCUT2D eigenvalue weighted by molar-refractivity contribution is 0.0928. The summed E-state index contributed by atoms with van der Waals surface area (Å²) in [5, 5.41) is 13.0. The highest BCUT2D eigenvalue weighted by molar-refractivity contribution is 7.98. The number of nitrogens with one attached hydrogen (secondary N) is 1. The maximum Gasteiger partial charge on any atom is 0.262 e. The Morgan fingerprint density at radius 1 is 1.15 bits per heavy atom. The monoisotopic (exact) mass is 477 g/mol. The van der Waals surface area contributed by atoms with Crippen LogP contribution in [0.5, 0.6) is 5.75 Å². The fourth-order valence-corrected chi connectivity index (χ4v) is 5.40. The van der Waals surface area contributed by atoms with Gasteiger partial charge in [0, 0.05) is 24.4 Å². The van der Waals surface area contributed by atoms with Crippen molar-refractivity contribution < 1.29 is 9.53 Å². The van der Waals surface area contributed by atoms with Gasteiger partial charge in [0.15, 0.2) is 5.16 Å². The minimum absolute atomic E-state index is 0.110. The van der Waals surface area contributed by atoms with Gasteiger partial charge in [-0.2, -0.15) is 0 Å². The number of carbonyl (C=O) groups excluding carboxylic acids is 1. The molecule has 0 saturated heterocycles. The number of hydrogen-bond acceptors (Lipinski definition) is 6. The third-order valence-electron chi connectivity index (χ3n) is 6.39. The maximum absolute atomic E-state index is 13.0. The number of methoxy groups -OCH3 is 1. The summed E-state index contributed by atoms with van der Waals surface area (Å²) in [5.74, 6) is 1.78. The zero-order valence-electron chi connectivity index (χ0n) is 19.3. The number of aryl methyl sites for hydroxylation is 1. The average molecular weight is 478 g/mol. The predicted molar refractivity (Wildman–Crippen MR) is 133 cm³/mol. The molecule has 0 atom stereocenters. The second kappa shape index (κ2) is 9.50. The molecule has 0 bridgehead atoms. The van der Waals surface area contributed by atoms with E-state index in [2.05, 4.69) is 15.5 Å². The van der Waals surface area contributed by atoms with Crippen molar-refractivity contribution in [3.05, 3.63) is 63.9 Å². The van der Waals surface area contributed by atoms with Crippen molar-refractivity contribution in [1.29, 1.82) is 0 Å². The van der Waals surface area contributed by atoms with Crippen LogP contribution in [-0.2, 0) is 12.8 Å². The highest BCUT2D eigenvalue weighted by atomic mass is 32.2. The van der Waals surface area contributed by atoms with Crippen LogP contribution in [0.4, 0.5) is 0 Å². The van der Waals surface area contributed by atoms with Gasteiger partial charge in [0.1, 0.15) is 5.75 Å². The zero-order chi connectivity index (χ0) is 23.7. The number of aromatic nitrogens is 4. The van der Waals surface area contributed by atoms with Crippen LogP contribution in [0.25, 0.3) is 16.7 Å². The molecule has 1 amide bonds. The van der Waals surface area contributed by atoms with Gasteiger partial charge in [0.25, 0.3) is 11.5 Å². The molecule has 176 valence electrons. The van der Waals surface area contributed by atoms with E-state index in [0.717, 1.165) is 37.0 Å². The van der Waals surface area contributed by atoms with Gasteiger partial charge in [-0.15, -0.1) is 10.2 Å². The normalized spacial score (nSPS) is 14.5. The Labute approximate surface area is 201 Å². The van der Waals surface area contributed by atoms with Crippen LogP contribution in [0.15, 0.2) is 52.4 Å². The van der Waals surface area contributed by atoms with Gasteiger partial charge in [-0.1, -0.05) is 43.2 Å². The maximum atomic E-state index is 13.0. The third-order valence-corrected chi connectivity index (χ3v) is 7.39. The van der Waals surface area contributed by atoms with Crippen molar-refractivity contribution in [2.75, 3.05) is 7.11 Å². The van der Waals surface area contributed by atoms with E-state index in [4.69, 9.17) is 4.74 Å². The first-order valence-corrected chi connectivity index (χ1v) is 12.5. The second-order valence-corrected chi connectivity index (χ2v) is 9.61. The number of rotatable bonds is 6. The summed E-state index contributed by atoms with van der Waals surface area (Å²) in [7, 11) is 3.33. The summed E-state index contributed by atoms with van der Waals surface area (Å²) in [6.45, 7) is 0. The molecule has 1 aliphatic carbocycles. The predicted octanol–water partition coefficient (Wildman–Crippen LogP) is 3.94. The number of nitrogens with zero attached hydrogens (tertiary/aromatic N) is 4. The van der Waals surface area contributed by atoms with Gasteiger partial charge in [-0.3, -0.25) is 18.6 Å². The van der Waals surface area contributed by atoms with Gasteiger partial charge < -0.3 is 10.1 Å². The molecule has 2 aromatic heterocycles. The van der Waals surface area contributed by atoms with Crippen molar-refractivity contribution in [3.8, 4) is 5.75 Å². The molecule has 4 aromatic rings. The minimum Gasteiger partial charge on any atom is -0.497 e. The molecule has 34 heavy (non-hydrogen) atoms. The van der Waals surface area contributed by atoms with Crippen LogP contribution < -0.4 is 15.6 Å². The van der Waals surface area contributed by atoms with E-state index in [1.54, 1.807) is 32.4 Å². The first kappa shape index (κ1) is 22.5. The largest absolute Gasteiger partial charge is 0.497 e. The van der Waals surface area contributed by atoms with Gasteiger partial charge in [0.2, 0.25) is 5.78 Å². The number of amides is 1. The lowest BCUT2D eigenvalue weighted by Gasteiger charge is -2.22. The number of carbonyl (C=O) groups is 1. The standard InChI is InChI=1S/C25H27N5O3S/c1-29-23(32)20-12-11-17(22(31)26-18-8-4-3-5-9-18)14-21(20)30-24(29)27-28-25(30)34-15-16-7-6-10-19(13-16)33-2/h6-7,10-14,18H,3-5,8-9,15H2,1-2H3,(H,26,31). The molecular formula is C25H27N5O3S. The molecule has 9 heteroatoms. The van der Waals surface area contributed by atoms with E-state index < -0.39 is 0 Å². The first-order valence-electron chi connectivity index (χ1n) is 11.5. The lowest BCUT2D eigenvalue weighted by Crippen LogP contribution is -2.36. The van der Waals surface area contributed by atoms with Crippen molar-refractivity contribution in [2.45, 2.75) is 49.1 Å². The number of thioether (sulfide) groups is 1. The quantitative estimate of drug-likeness (QED) is 0.423. The highest BCUT2D eigenvalue weighted by Crippen LogP contribution is 2.26. The Morgan fingerprint density at radius 2 is 1.97 bits per heavy atom. The van der Waals surface area contributed by atoms with Crippen LogP contribution in [0.1, 0.15) is 48.0 Å². The van der Waals surface area contributed by atoms with Crippen molar-refractivity contribution >= 4 is 34.3 Å². The van der Waals surface area contributed by atoms with E-state index in [9.17, 15) is 9.59 Å². The van der Waals surface area contributed by atoms with Crippen molar-refractivity contribution in [3.63, 3.8) is 0 Å². The average Bonchev–Trinajstić information content (AvgIpc) is 3.31. The van der Waals surface area contributed by atoms with Crippen molar-refractivity contribution in [2.24, 2.45) is 7.05 Å². The van der Waals surface area contributed by atoms with Crippen LogP contribution in [0, 0.1) is 0 Å². The molecular weight excluding hydrogens is 450 g/mol. The topological polar surface area (TPSA) is 90.5 Å². The van der Waals surface area contributed by atoms with Gasteiger partial charge in [-0.05, 0) is 48.7 Å². The number of hydrogen-bond donors (Lipinski definition) is 1. The zero-order valence-corrected chi connectivity index (χ0v) is 20.1. The highest BCUT2D eigenvalue weighted by Gasteiger charge is 2.20. The molecule has 0 unspecified atom stereocenters. The fraction of sp³-hybridized carbons (Fsp3) is 0.360. The fourth-order valence-electron chi connectivity index (χ4n) is 4.52. The van der Waals surface area contributed by atoms with Crippen LogP contribution in [0.3, 0.4) is 0 Å². The summed E-state index contributed by atoms with van der Waals surface area (Å²) in [5.41, 5.74) is 2.08. The number of ether oxygens (including phenoxy) is 1. The van der Waals surface area contributed by atoms with Crippen molar-refractivity contribution in [1.82, 2.24) is 24.5 Å². The molecule has 5 rings (SSSR count). The Balaban J connectivity index is 1.52. The Kier molecular flexibility index (Phi) is 6.28. The smallest absolute Gasteiger partial charge is 0.262 e. The van der Waals surface area contributed by atoms with Gasteiger partial charge >= 0.3 is 0 Å². The summed E-state index contributed by atoms with van der Waals surface area (Å²) >= 11 is 1.52. The van der Waals surface area contributed by atoms with E-state index in [-0.39, 0.29) is 17.5 Å². The molecule has 0 aliphatic heterocycles. The molecule has 1 aliphatic rings.